The molecule has 0 radical (unpaired) electrons. The first-order chi connectivity index (χ1) is 9.55. The summed E-state index contributed by atoms with van der Waals surface area (Å²) in [5, 5.41) is 15.2. The Hall–Kier alpha value is -1.61. The van der Waals surface area contributed by atoms with E-state index in [1.165, 1.54) is 11.1 Å². The molecule has 3 heteroatoms. The Morgan fingerprint density at radius 3 is 2.75 bits per heavy atom. The summed E-state index contributed by atoms with van der Waals surface area (Å²) >= 11 is 0. The summed E-state index contributed by atoms with van der Waals surface area (Å²) in [5.74, 6) is 0.458. The summed E-state index contributed by atoms with van der Waals surface area (Å²) < 4.78 is 0. The van der Waals surface area contributed by atoms with Crippen LogP contribution in [0.25, 0.3) is 0 Å². The molecular formula is C17H25N2O+. The molecule has 1 aromatic rings. The van der Waals surface area contributed by atoms with Crippen LogP contribution in [0.4, 0.5) is 0 Å². The average molecular weight is 273 g/mol. The molecule has 1 saturated carbocycles. The van der Waals surface area contributed by atoms with Crippen molar-refractivity contribution < 1.29 is 10.5 Å². The minimum absolute atomic E-state index is 0.101. The number of allylic oxidation sites excluding steroid dienone is 1. The third-order valence-corrected chi connectivity index (χ3v) is 4.56. The van der Waals surface area contributed by atoms with Crippen molar-refractivity contribution in [1.82, 2.24) is 0 Å². The normalized spacial score (nSPS) is 28.5. The number of hydrogen-bond donors (Lipinski definition) is 2. The minimum atomic E-state index is -0.101. The van der Waals surface area contributed by atoms with Gasteiger partial charge in [0.15, 0.2) is 0 Å². The molecule has 108 valence electrons. The van der Waals surface area contributed by atoms with Crippen LogP contribution in [0.15, 0.2) is 47.6 Å². The molecule has 1 aliphatic rings. The fraction of sp³-hybridized carbons (Fsp3) is 0.471. The lowest BCUT2D eigenvalue weighted by Crippen LogP contribution is -2.97. The molecule has 0 bridgehead atoms. The van der Waals surface area contributed by atoms with Crippen molar-refractivity contribution >= 4 is 5.71 Å². The Labute approximate surface area is 121 Å². The number of hydrogen-bond acceptors (Lipinski definition) is 2. The molecule has 1 fully saturated rings. The van der Waals surface area contributed by atoms with Gasteiger partial charge in [-0.25, -0.2) is 0 Å². The van der Waals surface area contributed by atoms with Gasteiger partial charge in [0.25, 0.3) is 0 Å². The highest BCUT2D eigenvalue weighted by atomic mass is 16.4. The summed E-state index contributed by atoms with van der Waals surface area (Å²) in [6.45, 7) is 9.20. The number of nitrogens with two attached hydrogens (primary N) is 1. The maximum absolute atomic E-state index is 9.36. The van der Waals surface area contributed by atoms with Crippen LogP contribution in [0.2, 0.25) is 0 Å². The lowest BCUT2D eigenvalue weighted by Gasteiger charge is -2.36. The van der Waals surface area contributed by atoms with Gasteiger partial charge < -0.3 is 10.5 Å². The first kappa shape index (κ1) is 14.8. The van der Waals surface area contributed by atoms with Crippen LogP contribution in [0.5, 0.6) is 0 Å². The van der Waals surface area contributed by atoms with E-state index in [-0.39, 0.29) is 5.54 Å². The summed E-state index contributed by atoms with van der Waals surface area (Å²) in [6, 6.07) is 10.4. The maximum Gasteiger partial charge on any atom is 0.136 e. The molecule has 0 amide bonds. The highest BCUT2D eigenvalue weighted by Gasteiger charge is 2.40. The highest BCUT2D eigenvalue weighted by Crippen LogP contribution is 2.31. The Morgan fingerprint density at radius 1 is 1.45 bits per heavy atom. The summed E-state index contributed by atoms with van der Waals surface area (Å²) in [6.07, 6.45) is 2.97. The predicted octanol–water partition coefficient (Wildman–Crippen LogP) is 2.72. The average Bonchev–Trinajstić information content (AvgIpc) is 2.46. The summed E-state index contributed by atoms with van der Waals surface area (Å²) in [5.41, 5.74) is 3.29. The van der Waals surface area contributed by atoms with Crippen molar-refractivity contribution in [3.63, 3.8) is 0 Å². The number of quaternary nitrogens is 1. The van der Waals surface area contributed by atoms with Crippen molar-refractivity contribution in [3.8, 4) is 0 Å². The first-order valence-electron chi connectivity index (χ1n) is 7.30. The molecule has 0 spiro atoms. The first-order valence-corrected chi connectivity index (χ1v) is 7.30. The van der Waals surface area contributed by atoms with Crippen molar-refractivity contribution in [3.05, 3.63) is 48.0 Å². The molecule has 2 atom stereocenters. The molecule has 0 heterocycles. The van der Waals surface area contributed by atoms with E-state index >= 15 is 0 Å². The van der Waals surface area contributed by atoms with Gasteiger partial charge in [0.05, 0.1) is 0 Å². The Kier molecular flexibility index (Phi) is 4.61. The zero-order chi connectivity index (χ0) is 14.6. The lowest BCUT2D eigenvalue weighted by atomic mass is 9.74. The molecule has 0 saturated heterocycles. The number of oxime groups is 1. The molecule has 1 aliphatic carbocycles. The topological polar surface area (TPSA) is 49.2 Å². The van der Waals surface area contributed by atoms with Crippen LogP contribution in [0.3, 0.4) is 0 Å². The van der Waals surface area contributed by atoms with Crippen LogP contribution in [0, 0.1) is 5.92 Å². The second-order valence-electron chi connectivity index (χ2n) is 6.14. The van der Waals surface area contributed by atoms with Gasteiger partial charge in [-0.2, -0.15) is 0 Å². The van der Waals surface area contributed by atoms with Gasteiger partial charge in [-0.05, 0) is 26.2 Å². The van der Waals surface area contributed by atoms with Gasteiger partial charge in [-0.15, -0.1) is 0 Å². The Morgan fingerprint density at radius 2 is 2.15 bits per heavy atom. The van der Waals surface area contributed by atoms with E-state index in [4.69, 9.17) is 0 Å². The molecule has 20 heavy (non-hydrogen) atoms. The zero-order valence-corrected chi connectivity index (χ0v) is 12.5. The Bertz CT molecular complexity index is 495. The third-order valence-electron chi connectivity index (χ3n) is 4.56. The van der Waals surface area contributed by atoms with E-state index in [9.17, 15) is 5.21 Å². The molecule has 1 aromatic carbocycles. The van der Waals surface area contributed by atoms with Crippen LogP contribution in [-0.4, -0.2) is 16.5 Å². The summed E-state index contributed by atoms with van der Waals surface area (Å²) in [7, 11) is 0. The second-order valence-corrected chi connectivity index (χ2v) is 6.14. The minimum Gasteiger partial charge on any atom is -0.411 e. The van der Waals surface area contributed by atoms with Crippen LogP contribution in [-0.2, 0) is 6.54 Å². The van der Waals surface area contributed by atoms with Crippen molar-refractivity contribution in [1.29, 1.82) is 0 Å². The predicted molar refractivity (Wildman–Crippen MR) is 81.9 cm³/mol. The SMILES string of the molecule is C=C(C)[C@H]1CC[C@@](C)([NH2+]Cc2ccccc2)/C(=N\O)C1. The lowest BCUT2D eigenvalue weighted by molar-refractivity contribution is -0.723. The van der Waals surface area contributed by atoms with E-state index in [0.717, 1.165) is 31.5 Å². The van der Waals surface area contributed by atoms with Gasteiger partial charge in [-0.1, -0.05) is 47.6 Å². The van der Waals surface area contributed by atoms with E-state index in [0.29, 0.717) is 5.92 Å². The van der Waals surface area contributed by atoms with Gasteiger partial charge >= 0.3 is 0 Å². The van der Waals surface area contributed by atoms with Crippen molar-refractivity contribution in [2.24, 2.45) is 11.1 Å². The smallest absolute Gasteiger partial charge is 0.136 e. The van der Waals surface area contributed by atoms with Gasteiger partial charge in [-0.3, -0.25) is 0 Å². The quantitative estimate of drug-likeness (QED) is 0.494. The fourth-order valence-electron chi connectivity index (χ4n) is 2.94. The standard InChI is InChI=1S/C17H24N2O/c1-13(2)15-9-10-17(3,16(11-15)19-20)18-12-14-7-5-4-6-8-14/h4-8,15,18,20H,1,9-12H2,2-3H3/p+1/b19-16-/t15-,17+/m0/s1. The Balaban J connectivity index is 2.04. The van der Waals surface area contributed by atoms with Crippen molar-refractivity contribution in [2.45, 2.75) is 45.2 Å². The van der Waals surface area contributed by atoms with Gasteiger partial charge in [0.1, 0.15) is 17.8 Å². The fourth-order valence-corrected chi connectivity index (χ4v) is 2.94. The third kappa shape index (κ3) is 3.28. The van der Waals surface area contributed by atoms with Gasteiger partial charge in [0.2, 0.25) is 0 Å². The highest BCUT2D eigenvalue weighted by molar-refractivity contribution is 5.92. The molecule has 0 aromatic heterocycles. The summed E-state index contributed by atoms with van der Waals surface area (Å²) in [4.78, 5) is 0. The van der Waals surface area contributed by atoms with Crippen LogP contribution < -0.4 is 5.32 Å². The monoisotopic (exact) mass is 273 g/mol. The van der Waals surface area contributed by atoms with E-state index in [2.05, 4.69) is 55.2 Å². The molecule has 0 unspecified atom stereocenters. The number of benzene rings is 1. The molecule has 2 rings (SSSR count). The maximum atomic E-state index is 9.36. The van der Waals surface area contributed by atoms with Crippen molar-refractivity contribution in [2.75, 3.05) is 0 Å². The van der Waals surface area contributed by atoms with E-state index in [1.54, 1.807) is 0 Å². The van der Waals surface area contributed by atoms with Crippen LogP contribution in [0.1, 0.15) is 38.7 Å². The molecule has 3 N–H and O–H groups in total. The van der Waals surface area contributed by atoms with E-state index in [1.807, 2.05) is 6.07 Å². The largest absolute Gasteiger partial charge is 0.411 e. The number of rotatable bonds is 4. The van der Waals surface area contributed by atoms with Crippen LogP contribution >= 0.6 is 0 Å². The van der Waals surface area contributed by atoms with Gasteiger partial charge in [0, 0.05) is 18.4 Å². The molecule has 0 aliphatic heterocycles. The van der Waals surface area contributed by atoms with E-state index < -0.39 is 0 Å². The second kappa shape index (κ2) is 6.23. The molecule has 3 nitrogen and oxygen atoms in total. The number of nitrogens with zero attached hydrogens (tertiary/aromatic N) is 1. The zero-order valence-electron chi connectivity index (χ0n) is 12.5. The molecular weight excluding hydrogens is 248 g/mol.